The number of pyridine rings is 1. The van der Waals surface area contributed by atoms with E-state index in [1.807, 2.05) is 25.1 Å². The van der Waals surface area contributed by atoms with Gasteiger partial charge in [-0.3, -0.25) is 4.98 Å². The molecule has 0 unspecified atom stereocenters. The zero-order valence-electron chi connectivity index (χ0n) is 19.8. The molecule has 0 bridgehead atoms. The fraction of sp³-hybridized carbons (Fsp3) is 0.480. The molecule has 0 spiro atoms. The number of hydrogen-bond donors (Lipinski definition) is 1. The molecule has 1 aliphatic carbocycles. The van der Waals surface area contributed by atoms with E-state index >= 15 is 0 Å². The average Bonchev–Trinajstić information content (AvgIpc) is 3.56. The molecule has 0 atom stereocenters. The van der Waals surface area contributed by atoms with Crippen molar-refractivity contribution in [2.45, 2.75) is 52.3 Å². The normalized spacial score (nSPS) is 15.4. The van der Waals surface area contributed by atoms with E-state index in [0.29, 0.717) is 42.7 Å². The second-order valence-electron chi connectivity index (χ2n) is 9.40. The van der Waals surface area contributed by atoms with E-state index in [0.717, 1.165) is 30.4 Å². The quantitative estimate of drug-likeness (QED) is 0.417. The van der Waals surface area contributed by atoms with Crippen molar-refractivity contribution in [1.29, 1.82) is 0 Å². The van der Waals surface area contributed by atoms with Crippen LogP contribution in [0.4, 0.5) is 19.0 Å². The number of aryl methyl sites for hydroxylation is 1. The lowest BCUT2D eigenvalue weighted by Crippen LogP contribution is -2.30. The molecule has 1 N–H and O–H groups in total. The highest BCUT2D eigenvalue weighted by molar-refractivity contribution is 5.90. The maximum atomic E-state index is 13.2. The number of alkyl halides is 3. The van der Waals surface area contributed by atoms with Gasteiger partial charge in [0.2, 0.25) is 0 Å². The second kappa shape index (κ2) is 9.02. The molecule has 0 radical (unpaired) electrons. The molecular formula is C25H29F3N4O2. The van der Waals surface area contributed by atoms with Crippen molar-refractivity contribution in [1.82, 2.24) is 15.0 Å². The van der Waals surface area contributed by atoms with E-state index in [-0.39, 0.29) is 11.1 Å². The van der Waals surface area contributed by atoms with Crippen LogP contribution >= 0.6 is 0 Å². The molecule has 9 heteroatoms. The summed E-state index contributed by atoms with van der Waals surface area (Å²) in [7, 11) is 0. The smallest absolute Gasteiger partial charge is 0.416 e. The van der Waals surface area contributed by atoms with E-state index in [1.165, 1.54) is 6.20 Å². The molecular weight excluding hydrogens is 445 g/mol. The molecule has 0 aliphatic heterocycles. The van der Waals surface area contributed by atoms with Crippen molar-refractivity contribution in [3.8, 4) is 5.75 Å². The van der Waals surface area contributed by atoms with Gasteiger partial charge in [0.15, 0.2) is 0 Å². The minimum Gasteiger partial charge on any atom is -0.493 e. The van der Waals surface area contributed by atoms with Gasteiger partial charge >= 0.3 is 6.18 Å². The van der Waals surface area contributed by atoms with Crippen molar-refractivity contribution in [3.05, 3.63) is 53.6 Å². The Hall–Kier alpha value is -2.94. The fourth-order valence-electron chi connectivity index (χ4n) is 3.78. The molecule has 1 fully saturated rings. The average molecular weight is 475 g/mol. The highest BCUT2D eigenvalue weighted by Crippen LogP contribution is 2.46. The number of aromatic nitrogens is 3. The van der Waals surface area contributed by atoms with Gasteiger partial charge in [0.05, 0.1) is 35.5 Å². The molecule has 2 heterocycles. The number of halogens is 3. The Labute approximate surface area is 196 Å². The van der Waals surface area contributed by atoms with Crippen molar-refractivity contribution in [2.24, 2.45) is 5.41 Å². The first-order chi connectivity index (χ1) is 16.0. The Morgan fingerprint density at radius 3 is 2.50 bits per heavy atom. The number of hydrogen-bond acceptors (Lipinski definition) is 6. The summed E-state index contributed by atoms with van der Waals surface area (Å²) in [5.74, 6) is 1.73. The summed E-state index contributed by atoms with van der Waals surface area (Å²) in [6.07, 6.45) is -1.12. The van der Waals surface area contributed by atoms with Gasteiger partial charge in [-0.05, 0) is 70.9 Å². The van der Waals surface area contributed by atoms with Crippen LogP contribution in [0, 0.1) is 12.3 Å². The van der Waals surface area contributed by atoms with Crippen molar-refractivity contribution >= 4 is 16.7 Å². The van der Waals surface area contributed by atoms with Gasteiger partial charge in [-0.2, -0.15) is 13.2 Å². The largest absolute Gasteiger partial charge is 0.493 e. The summed E-state index contributed by atoms with van der Waals surface area (Å²) in [5.41, 5.74) is -0.627. The number of rotatable bonds is 9. The first-order valence-electron chi connectivity index (χ1n) is 11.3. The van der Waals surface area contributed by atoms with E-state index in [1.54, 1.807) is 20.8 Å². The lowest BCUT2D eigenvalue weighted by molar-refractivity contribution is -0.137. The number of ether oxygens (including phenoxy) is 2. The number of benzene rings is 1. The SMILES string of the molecule is CCOCC1(COc2ccc3nc(C)nc(NC(C)(C)c4cc(C(F)(F)F)ccn4)c3c2)CC1. The number of nitrogens with zero attached hydrogens (tertiary/aromatic N) is 3. The Kier molecular flexibility index (Phi) is 6.42. The van der Waals surface area contributed by atoms with Crippen LogP contribution in [0.5, 0.6) is 5.75 Å². The highest BCUT2D eigenvalue weighted by Gasteiger charge is 2.43. The fourth-order valence-corrected chi connectivity index (χ4v) is 3.78. The summed E-state index contributed by atoms with van der Waals surface area (Å²) in [6.45, 7) is 9.22. The summed E-state index contributed by atoms with van der Waals surface area (Å²) in [6, 6.07) is 7.62. The zero-order valence-corrected chi connectivity index (χ0v) is 19.8. The van der Waals surface area contributed by atoms with Crippen LogP contribution in [0.2, 0.25) is 0 Å². The van der Waals surface area contributed by atoms with E-state index < -0.39 is 17.3 Å². The number of nitrogens with one attached hydrogen (secondary N) is 1. The van der Waals surface area contributed by atoms with E-state index in [4.69, 9.17) is 9.47 Å². The van der Waals surface area contributed by atoms with Crippen LogP contribution in [0.1, 0.15) is 50.7 Å². The van der Waals surface area contributed by atoms with E-state index in [9.17, 15) is 13.2 Å². The summed E-state index contributed by atoms with van der Waals surface area (Å²) < 4.78 is 51.4. The molecule has 34 heavy (non-hydrogen) atoms. The van der Waals surface area contributed by atoms with Crippen LogP contribution in [0.3, 0.4) is 0 Å². The van der Waals surface area contributed by atoms with Crippen molar-refractivity contribution in [3.63, 3.8) is 0 Å². The summed E-state index contributed by atoms with van der Waals surface area (Å²) in [4.78, 5) is 13.2. The monoisotopic (exact) mass is 474 g/mol. The second-order valence-corrected chi connectivity index (χ2v) is 9.40. The van der Waals surface area contributed by atoms with E-state index in [2.05, 4.69) is 20.3 Å². The first-order valence-corrected chi connectivity index (χ1v) is 11.3. The molecule has 4 rings (SSSR count). The summed E-state index contributed by atoms with van der Waals surface area (Å²) >= 11 is 0. The molecule has 1 saturated carbocycles. The van der Waals surface area contributed by atoms with Crippen LogP contribution in [-0.2, 0) is 16.5 Å². The Bertz CT molecular complexity index is 1180. The predicted molar refractivity (Wildman–Crippen MR) is 124 cm³/mol. The van der Waals surface area contributed by atoms with Crippen molar-refractivity contribution in [2.75, 3.05) is 25.1 Å². The van der Waals surface area contributed by atoms with Crippen molar-refractivity contribution < 1.29 is 22.6 Å². The van der Waals surface area contributed by atoms with Gasteiger partial charge in [0.1, 0.15) is 17.4 Å². The van der Waals surface area contributed by atoms with Crippen LogP contribution in [0.15, 0.2) is 36.5 Å². The maximum absolute atomic E-state index is 13.2. The molecule has 6 nitrogen and oxygen atoms in total. The Balaban J connectivity index is 1.61. The van der Waals surface area contributed by atoms with Gasteiger partial charge < -0.3 is 14.8 Å². The third kappa shape index (κ3) is 5.41. The summed E-state index contributed by atoms with van der Waals surface area (Å²) in [5, 5.41) is 4.00. The van der Waals surface area contributed by atoms with Crippen LogP contribution in [0.25, 0.3) is 10.9 Å². The predicted octanol–water partition coefficient (Wildman–Crippen LogP) is 5.89. The van der Waals surface area contributed by atoms with Gasteiger partial charge in [0.25, 0.3) is 0 Å². The third-order valence-corrected chi connectivity index (χ3v) is 6.05. The minimum absolute atomic E-state index is 0.0764. The highest BCUT2D eigenvalue weighted by atomic mass is 19.4. The van der Waals surface area contributed by atoms with Gasteiger partial charge in [-0.1, -0.05) is 0 Å². The van der Waals surface area contributed by atoms with Gasteiger partial charge in [-0.25, -0.2) is 9.97 Å². The molecule has 182 valence electrons. The lowest BCUT2D eigenvalue weighted by atomic mass is 9.98. The first kappa shape index (κ1) is 24.2. The Morgan fingerprint density at radius 2 is 1.82 bits per heavy atom. The molecule has 0 saturated heterocycles. The lowest BCUT2D eigenvalue weighted by Gasteiger charge is -2.28. The van der Waals surface area contributed by atoms with Gasteiger partial charge in [0, 0.05) is 23.6 Å². The maximum Gasteiger partial charge on any atom is 0.416 e. The number of anilines is 1. The topological polar surface area (TPSA) is 69.2 Å². The Morgan fingerprint density at radius 1 is 1.06 bits per heavy atom. The van der Waals surface area contributed by atoms with Crippen LogP contribution < -0.4 is 10.1 Å². The molecule has 1 aromatic carbocycles. The number of fused-ring (bicyclic) bond motifs is 1. The molecule has 0 amide bonds. The minimum atomic E-state index is -4.45. The zero-order chi connectivity index (χ0) is 24.6. The standard InChI is InChI=1S/C25H29F3N4O2/c1-5-33-14-24(9-10-24)15-34-18-6-7-20-19(13-18)22(31-16(2)30-20)32-23(3,4)21-12-17(8-11-29-21)25(26,27)28/h6-8,11-13H,5,9-10,14-15H2,1-4H3,(H,30,31,32). The van der Waals surface area contributed by atoms with Gasteiger partial charge in [-0.15, -0.1) is 0 Å². The molecule has 3 aromatic rings. The third-order valence-electron chi connectivity index (χ3n) is 6.05. The van der Waals surface area contributed by atoms with Crippen LogP contribution in [-0.4, -0.2) is 34.8 Å². The molecule has 1 aliphatic rings. The molecule has 2 aromatic heterocycles.